The molecule has 1 nitrogen and oxygen atoms in total. The van der Waals surface area contributed by atoms with E-state index in [1.807, 2.05) is 30.3 Å². The van der Waals surface area contributed by atoms with Crippen LogP contribution in [-0.2, 0) is 0 Å². The Morgan fingerprint density at radius 3 is 2.34 bits per heavy atom. The van der Waals surface area contributed by atoms with Gasteiger partial charge in [0.2, 0.25) is 0 Å². The highest BCUT2D eigenvalue weighted by Gasteiger charge is 2.13. The summed E-state index contributed by atoms with van der Waals surface area (Å²) in [5.41, 5.74) is 6.27. The summed E-state index contributed by atoms with van der Waals surface area (Å²) in [6.45, 7) is 6.42. The van der Waals surface area contributed by atoms with Gasteiger partial charge >= 0.3 is 0 Å². The Morgan fingerprint density at radius 1 is 1.00 bits per heavy atom. The zero-order valence-corrected chi connectivity index (χ0v) is 17.4. The number of halogens is 1. The molecule has 0 saturated carbocycles. The summed E-state index contributed by atoms with van der Waals surface area (Å²) in [5, 5.41) is 0. The second-order valence-corrected chi connectivity index (χ2v) is 7.61. The van der Waals surface area contributed by atoms with Crippen LogP contribution in [0.4, 0.5) is 4.39 Å². The standard InChI is InChI=1S/C27H28FN/c1-20(2)18-26(21(3)29-25-12-8-5-9-13-25)27(23-10-6-4-7-11-23)19-22-14-16-24(28)17-15-22/h4,6-8,10-20H,5,9H2,1-3H3/b26-18+,27-19+,29-21+. The molecule has 0 atom stereocenters. The van der Waals surface area contributed by atoms with Crippen molar-refractivity contribution in [3.05, 3.63) is 107 Å². The molecule has 0 aliphatic heterocycles. The molecule has 0 bridgehead atoms. The molecule has 0 fully saturated rings. The smallest absolute Gasteiger partial charge is 0.123 e. The van der Waals surface area contributed by atoms with Crippen molar-refractivity contribution < 1.29 is 4.39 Å². The van der Waals surface area contributed by atoms with Crippen molar-refractivity contribution in [2.75, 3.05) is 0 Å². The van der Waals surface area contributed by atoms with E-state index in [2.05, 4.69) is 63.3 Å². The van der Waals surface area contributed by atoms with Crippen molar-refractivity contribution in [3.8, 4) is 0 Å². The maximum absolute atomic E-state index is 13.4. The predicted octanol–water partition coefficient (Wildman–Crippen LogP) is 7.64. The van der Waals surface area contributed by atoms with E-state index >= 15 is 0 Å². The number of hydrogen-bond acceptors (Lipinski definition) is 1. The van der Waals surface area contributed by atoms with Gasteiger partial charge in [0.15, 0.2) is 0 Å². The Balaban J connectivity index is 2.13. The van der Waals surface area contributed by atoms with Gasteiger partial charge in [0, 0.05) is 5.71 Å². The Labute approximate surface area is 173 Å². The summed E-state index contributed by atoms with van der Waals surface area (Å²) in [6, 6.07) is 16.9. The van der Waals surface area contributed by atoms with E-state index in [1.165, 1.54) is 12.1 Å². The van der Waals surface area contributed by atoms with Crippen LogP contribution in [0.3, 0.4) is 0 Å². The summed E-state index contributed by atoms with van der Waals surface area (Å²) in [4.78, 5) is 4.91. The monoisotopic (exact) mass is 385 g/mol. The van der Waals surface area contributed by atoms with Gasteiger partial charge in [0.1, 0.15) is 5.82 Å². The van der Waals surface area contributed by atoms with Crippen molar-refractivity contribution in [2.45, 2.75) is 33.6 Å². The highest BCUT2D eigenvalue weighted by Crippen LogP contribution is 2.29. The summed E-state index contributed by atoms with van der Waals surface area (Å²) >= 11 is 0. The van der Waals surface area contributed by atoms with E-state index in [-0.39, 0.29) is 5.82 Å². The number of rotatable bonds is 6. The number of hydrogen-bond donors (Lipinski definition) is 0. The Kier molecular flexibility index (Phi) is 7.13. The molecule has 0 aromatic heterocycles. The second kappa shape index (κ2) is 9.97. The van der Waals surface area contributed by atoms with Gasteiger partial charge in [0.05, 0.1) is 5.70 Å². The lowest BCUT2D eigenvalue weighted by molar-refractivity contribution is 0.628. The maximum atomic E-state index is 13.4. The second-order valence-electron chi connectivity index (χ2n) is 7.61. The average Bonchev–Trinajstić information content (AvgIpc) is 2.73. The lowest BCUT2D eigenvalue weighted by atomic mass is 9.90. The average molecular weight is 386 g/mol. The Morgan fingerprint density at radius 2 is 1.72 bits per heavy atom. The summed E-state index contributed by atoms with van der Waals surface area (Å²) in [5.74, 6) is 0.140. The molecule has 3 rings (SSSR count). The highest BCUT2D eigenvalue weighted by atomic mass is 19.1. The molecule has 1 aliphatic carbocycles. The van der Waals surface area contributed by atoms with Crippen LogP contribution >= 0.6 is 0 Å². The third-order valence-corrected chi connectivity index (χ3v) is 4.72. The fourth-order valence-electron chi connectivity index (χ4n) is 3.33. The molecule has 0 saturated heterocycles. The van der Waals surface area contributed by atoms with E-state index in [0.29, 0.717) is 5.92 Å². The highest BCUT2D eigenvalue weighted by molar-refractivity contribution is 6.15. The zero-order valence-electron chi connectivity index (χ0n) is 17.4. The molecule has 2 heteroatoms. The minimum Gasteiger partial charge on any atom is -0.253 e. The number of allylic oxidation sites excluding steroid dienone is 6. The van der Waals surface area contributed by atoms with Crippen molar-refractivity contribution in [1.82, 2.24) is 0 Å². The van der Waals surface area contributed by atoms with Crippen LogP contribution in [0.25, 0.3) is 11.6 Å². The SMILES string of the molecule is CC(=N\C1=CCCC=C1)/C(=C\C(C)C)C(=C/c1ccc(F)cc1)/c1ccccc1. The molecule has 29 heavy (non-hydrogen) atoms. The molecule has 0 amide bonds. The van der Waals surface area contributed by atoms with Crippen molar-refractivity contribution in [1.29, 1.82) is 0 Å². The van der Waals surface area contributed by atoms with Crippen molar-refractivity contribution in [2.24, 2.45) is 10.9 Å². The molecule has 2 aromatic carbocycles. The number of aliphatic imine (C=N–C) groups is 1. The van der Waals surface area contributed by atoms with Gasteiger partial charge in [0.25, 0.3) is 0 Å². The van der Waals surface area contributed by atoms with Crippen LogP contribution < -0.4 is 0 Å². The van der Waals surface area contributed by atoms with Crippen LogP contribution in [-0.4, -0.2) is 5.71 Å². The first kappa shape index (κ1) is 20.7. The summed E-state index contributed by atoms with van der Waals surface area (Å²) < 4.78 is 13.4. The lowest BCUT2D eigenvalue weighted by Crippen LogP contribution is -2.04. The van der Waals surface area contributed by atoms with Crippen LogP contribution in [0.5, 0.6) is 0 Å². The van der Waals surface area contributed by atoms with Crippen LogP contribution in [0.2, 0.25) is 0 Å². The van der Waals surface area contributed by atoms with Crippen LogP contribution in [0.1, 0.15) is 44.7 Å². The minimum absolute atomic E-state index is 0.227. The molecular weight excluding hydrogens is 357 g/mol. The molecule has 0 spiro atoms. The third kappa shape index (κ3) is 5.99. The molecule has 2 aromatic rings. The van der Waals surface area contributed by atoms with E-state index in [4.69, 9.17) is 4.99 Å². The van der Waals surface area contributed by atoms with Crippen molar-refractivity contribution >= 4 is 17.4 Å². The van der Waals surface area contributed by atoms with Crippen molar-refractivity contribution in [3.63, 3.8) is 0 Å². The van der Waals surface area contributed by atoms with E-state index in [1.54, 1.807) is 0 Å². The Hall–Kier alpha value is -3.00. The summed E-state index contributed by atoms with van der Waals surface area (Å²) in [6.07, 6.45) is 12.9. The predicted molar refractivity (Wildman–Crippen MR) is 123 cm³/mol. The zero-order chi connectivity index (χ0) is 20.6. The first-order valence-electron chi connectivity index (χ1n) is 10.2. The molecule has 1 aliphatic rings. The van der Waals surface area contributed by atoms with Gasteiger partial charge in [-0.2, -0.15) is 0 Å². The quantitative estimate of drug-likeness (QED) is 0.275. The normalized spacial score (nSPS) is 15.6. The van der Waals surface area contributed by atoms with Gasteiger partial charge in [-0.15, -0.1) is 0 Å². The maximum Gasteiger partial charge on any atom is 0.123 e. The topological polar surface area (TPSA) is 12.4 Å². The van der Waals surface area contributed by atoms with Crippen LogP contribution in [0.15, 0.2) is 95.2 Å². The fourth-order valence-corrected chi connectivity index (χ4v) is 3.33. The van der Waals surface area contributed by atoms with Gasteiger partial charge in [-0.25, -0.2) is 4.39 Å². The Bertz CT molecular complexity index is 971. The van der Waals surface area contributed by atoms with E-state index in [0.717, 1.165) is 46.5 Å². The minimum atomic E-state index is -0.227. The van der Waals surface area contributed by atoms with Gasteiger partial charge < -0.3 is 0 Å². The van der Waals surface area contributed by atoms with E-state index in [9.17, 15) is 4.39 Å². The molecule has 0 N–H and O–H groups in total. The molecule has 148 valence electrons. The first-order chi connectivity index (χ1) is 14.0. The largest absolute Gasteiger partial charge is 0.253 e. The number of nitrogens with zero attached hydrogens (tertiary/aromatic N) is 1. The van der Waals surface area contributed by atoms with Gasteiger partial charge in [-0.05, 0) is 72.2 Å². The third-order valence-electron chi connectivity index (χ3n) is 4.72. The van der Waals surface area contributed by atoms with E-state index < -0.39 is 0 Å². The fraction of sp³-hybridized carbons (Fsp3) is 0.222. The number of benzene rings is 2. The molecular formula is C27H28FN. The molecule has 0 unspecified atom stereocenters. The molecule has 0 radical (unpaired) electrons. The summed E-state index contributed by atoms with van der Waals surface area (Å²) in [7, 11) is 0. The van der Waals surface area contributed by atoms with Gasteiger partial charge in [-0.3, -0.25) is 4.99 Å². The van der Waals surface area contributed by atoms with Crippen LogP contribution in [0, 0.1) is 11.7 Å². The molecule has 0 heterocycles. The lowest BCUT2D eigenvalue weighted by Gasteiger charge is -2.16. The first-order valence-corrected chi connectivity index (χ1v) is 10.2. The van der Waals surface area contributed by atoms with Gasteiger partial charge in [-0.1, -0.05) is 74.5 Å².